The van der Waals surface area contributed by atoms with Crippen LogP contribution in [0, 0.1) is 12.8 Å². The number of nitrogens with one attached hydrogen (secondary N) is 1. The van der Waals surface area contributed by atoms with Crippen LogP contribution in [0.2, 0.25) is 0 Å². The van der Waals surface area contributed by atoms with Crippen LogP contribution in [0.1, 0.15) is 60.9 Å². The fourth-order valence-electron chi connectivity index (χ4n) is 4.67. The minimum Gasteiger partial charge on any atom is -0.349 e. The molecule has 31 heavy (non-hydrogen) atoms. The van der Waals surface area contributed by atoms with Gasteiger partial charge in [0.1, 0.15) is 0 Å². The Labute approximate surface area is 185 Å². The molecule has 5 nitrogen and oxygen atoms in total. The van der Waals surface area contributed by atoms with Crippen molar-refractivity contribution in [3.8, 4) is 0 Å². The molecule has 0 saturated carbocycles. The minimum atomic E-state index is -3.58. The largest absolute Gasteiger partial charge is 0.349 e. The van der Waals surface area contributed by atoms with E-state index in [-0.39, 0.29) is 24.4 Å². The number of amides is 1. The van der Waals surface area contributed by atoms with Crippen molar-refractivity contribution in [3.63, 3.8) is 0 Å². The number of carbonyl (C=O) groups is 1. The van der Waals surface area contributed by atoms with E-state index in [1.807, 2.05) is 13.8 Å². The number of rotatable bonds is 5. The summed E-state index contributed by atoms with van der Waals surface area (Å²) in [6.07, 6.45) is 6.13. The average Bonchev–Trinajstić information content (AvgIpc) is 2.79. The summed E-state index contributed by atoms with van der Waals surface area (Å²) < 4.78 is 27.5. The highest BCUT2D eigenvalue weighted by Gasteiger charge is 2.33. The van der Waals surface area contributed by atoms with Crippen molar-refractivity contribution >= 4 is 15.9 Å². The Morgan fingerprint density at radius 2 is 1.74 bits per heavy atom. The number of carbonyl (C=O) groups excluding carboxylic acids is 1. The molecule has 0 unspecified atom stereocenters. The summed E-state index contributed by atoms with van der Waals surface area (Å²) in [6, 6.07) is 13.4. The molecule has 0 radical (unpaired) electrons. The summed E-state index contributed by atoms with van der Waals surface area (Å²) in [6.45, 7) is 4.63. The molecular weight excluding hydrogens is 408 g/mol. The van der Waals surface area contributed by atoms with Crippen molar-refractivity contribution in [1.29, 1.82) is 0 Å². The Bertz CT molecular complexity index is 1050. The van der Waals surface area contributed by atoms with E-state index in [4.69, 9.17) is 0 Å². The normalized spacial score (nSPS) is 20.6. The van der Waals surface area contributed by atoms with E-state index in [2.05, 4.69) is 23.5 Å². The molecule has 0 spiro atoms. The highest BCUT2D eigenvalue weighted by Crippen LogP contribution is 2.27. The van der Waals surface area contributed by atoms with Gasteiger partial charge in [-0.3, -0.25) is 4.79 Å². The van der Waals surface area contributed by atoms with Gasteiger partial charge in [-0.25, -0.2) is 8.42 Å². The van der Waals surface area contributed by atoms with Crippen LogP contribution in [-0.4, -0.2) is 31.7 Å². The number of piperidine rings is 1. The molecule has 1 N–H and O–H groups in total. The first kappa shape index (κ1) is 22.0. The van der Waals surface area contributed by atoms with Gasteiger partial charge in [-0.15, -0.1) is 0 Å². The van der Waals surface area contributed by atoms with E-state index in [1.54, 1.807) is 24.3 Å². The molecular formula is C25H32N2O3S. The van der Waals surface area contributed by atoms with Crippen molar-refractivity contribution in [2.24, 2.45) is 5.92 Å². The maximum atomic E-state index is 13.0. The molecule has 1 saturated heterocycles. The zero-order valence-electron chi connectivity index (χ0n) is 18.4. The molecule has 1 aliphatic heterocycles. The first-order chi connectivity index (χ1) is 14.8. The first-order valence-corrected chi connectivity index (χ1v) is 12.8. The monoisotopic (exact) mass is 440 g/mol. The van der Waals surface area contributed by atoms with Gasteiger partial charge in [-0.1, -0.05) is 35.9 Å². The lowest BCUT2D eigenvalue weighted by Crippen LogP contribution is -2.45. The molecule has 6 heteroatoms. The number of benzene rings is 2. The van der Waals surface area contributed by atoms with Crippen LogP contribution in [0.5, 0.6) is 0 Å². The van der Waals surface area contributed by atoms with E-state index in [9.17, 15) is 13.2 Å². The van der Waals surface area contributed by atoms with Gasteiger partial charge in [0.2, 0.25) is 15.9 Å². The third-order valence-corrected chi connectivity index (χ3v) is 8.52. The number of hydrogen-bond acceptors (Lipinski definition) is 3. The highest BCUT2D eigenvalue weighted by atomic mass is 32.2. The summed E-state index contributed by atoms with van der Waals surface area (Å²) >= 11 is 0. The van der Waals surface area contributed by atoms with Gasteiger partial charge in [0.15, 0.2) is 0 Å². The van der Waals surface area contributed by atoms with E-state index < -0.39 is 10.0 Å². The quantitative estimate of drug-likeness (QED) is 0.759. The van der Waals surface area contributed by atoms with Crippen LogP contribution in [0.3, 0.4) is 0 Å². The summed E-state index contributed by atoms with van der Waals surface area (Å²) in [5, 5.41) is 3.13. The second-order valence-electron chi connectivity index (χ2n) is 8.98. The molecule has 0 bridgehead atoms. The Morgan fingerprint density at radius 1 is 1.03 bits per heavy atom. The van der Waals surface area contributed by atoms with Gasteiger partial charge in [0, 0.05) is 13.1 Å². The average molecular weight is 441 g/mol. The SMILES string of the molecule is Cc1ccc(S(=O)(=O)N2CCC[C@@H](C(=O)N[C@H](C)c3ccc4c(c3)CCCC4)C2)cc1. The zero-order chi connectivity index (χ0) is 22.0. The van der Waals surface area contributed by atoms with Gasteiger partial charge < -0.3 is 5.32 Å². The number of hydrogen-bond donors (Lipinski definition) is 1. The molecule has 1 heterocycles. The van der Waals surface area contributed by atoms with E-state index in [0.29, 0.717) is 24.3 Å². The summed E-state index contributed by atoms with van der Waals surface area (Å²) in [4.78, 5) is 13.3. The van der Waals surface area contributed by atoms with Crippen LogP contribution in [0.25, 0.3) is 0 Å². The lowest BCUT2D eigenvalue weighted by Gasteiger charge is -2.32. The predicted molar refractivity (Wildman–Crippen MR) is 122 cm³/mol. The van der Waals surface area contributed by atoms with Crippen LogP contribution in [-0.2, 0) is 27.7 Å². The van der Waals surface area contributed by atoms with Gasteiger partial charge in [0.25, 0.3) is 0 Å². The molecule has 4 rings (SSSR count). The van der Waals surface area contributed by atoms with Gasteiger partial charge in [0.05, 0.1) is 16.9 Å². The topological polar surface area (TPSA) is 66.5 Å². The Morgan fingerprint density at radius 3 is 2.48 bits per heavy atom. The van der Waals surface area contributed by atoms with E-state index in [1.165, 1.54) is 28.3 Å². The second-order valence-corrected chi connectivity index (χ2v) is 10.9. The summed E-state index contributed by atoms with van der Waals surface area (Å²) in [7, 11) is -3.58. The fraction of sp³-hybridized carbons (Fsp3) is 0.480. The molecule has 1 amide bonds. The van der Waals surface area contributed by atoms with Gasteiger partial charge in [-0.05, 0) is 81.2 Å². The number of nitrogens with zero attached hydrogens (tertiary/aromatic N) is 1. The predicted octanol–water partition coefficient (Wildman–Crippen LogP) is 4.15. The van der Waals surface area contributed by atoms with Gasteiger partial charge in [-0.2, -0.15) is 4.31 Å². The standard InChI is InChI=1S/C25H32N2O3S/c1-18-9-13-24(14-10-18)31(29,30)27-15-5-8-23(17-27)25(28)26-19(2)21-12-11-20-6-3-4-7-22(20)16-21/h9-14,16,19,23H,3-8,15,17H2,1-2H3,(H,26,28)/t19-,23-/m1/s1. The van der Waals surface area contributed by atoms with Crippen molar-refractivity contribution in [2.45, 2.75) is 63.3 Å². The van der Waals surface area contributed by atoms with E-state index in [0.717, 1.165) is 24.0 Å². The zero-order valence-corrected chi connectivity index (χ0v) is 19.2. The van der Waals surface area contributed by atoms with Gasteiger partial charge >= 0.3 is 0 Å². The lowest BCUT2D eigenvalue weighted by molar-refractivity contribution is -0.126. The molecule has 2 aromatic carbocycles. The summed E-state index contributed by atoms with van der Waals surface area (Å²) in [5.41, 5.74) is 4.97. The lowest BCUT2D eigenvalue weighted by atomic mass is 9.89. The Kier molecular flexibility index (Phi) is 6.49. The van der Waals surface area contributed by atoms with Crippen LogP contribution < -0.4 is 5.32 Å². The van der Waals surface area contributed by atoms with Crippen molar-refractivity contribution in [2.75, 3.05) is 13.1 Å². The highest BCUT2D eigenvalue weighted by molar-refractivity contribution is 7.89. The molecule has 2 aliphatic rings. The second kappa shape index (κ2) is 9.13. The number of sulfonamides is 1. The molecule has 1 fully saturated rings. The maximum Gasteiger partial charge on any atom is 0.243 e. The van der Waals surface area contributed by atoms with Crippen LogP contribution in [0.15, 0.2) is 47.4 Å². The third kappa shape index (κ3) is 4.85. The minimum absolute atomic E-state index is 0.0611. The molecule has 166 valence electrons. The van der Waals surface area contributed by atoms with Crippen molar-refractivity contribution in [3.05, 3.63) is 64.7 Å². The Hall–Kier alpha value is -2.18. The van der Waals surface area contributed by atoms with Crippen molar-refractivity contribution in [1.82, 2.24) is 9.62 Å². The van der Waals surface area contributed by atoms with E-state index >= 15 is 0 Å². The Balaban J connectivity index is 1.42. The van der Waals surface area contributed by atoms with Crippen molar-refractivity contribution < 1.29 is 13.2 Å². The van der Waals surface area contributed by atoms with Crippen LogP contribution in [0.4, 0.5) is 0 Å². The number of fused-ring (bicyclic) bond motifs is 1. The van der Waals surface area contributed by atoms with Crippen LogP contribution >= 0.6 is 0 Å². The fourth-order valence-corrected chi connectivity index (χ4v) is 6.20. The molecule has 2 aromatic rings. The third-order valence-electron chi connectivity index (χ3n) is 6.64. The smallest absolute Gasteiger partial charge is 0.243 e. The first-order valence-electron chi connectivity index (χ1n) is 11.3. The summed E-state index contributed by atoms with van der Waals surface area (Å²) in [5.74, 6) is -0.386. The number of aryl methyl sites for hydroxylation is 3. The maximum absolute atomic E-state index is 13.0. The molecule has 2 atom stereocenters. The molecule has 1 aliphatic carbocycles. The molecule has 0 aromatic heterocycles.